The molecule has 2 aromatic heterocycles. The van der Waals surface area contributed by atoms with E-state index < -0.39 is 16.8 Å². The third kappa shape index (κ3) is 2.93. The maximum absolute atomic E-state index is 12.6. The van der Waals surface area contributed by atoms with Gasteiger partial charge < -0.3 is 10.1 Å². The van der Waals surface area contributed by atoms with Crippen molar-refractivity contribution in [3.05, 3.63) is 62.2 Å². The molecule has 0 amide bonds. The van der Waals surface area contributed by atoms with Crippen molar-refractivity contribution in [3.8, 4) is 12.3 Å². The lowest BCUT2D eigenvalue weighted by Crippen LogP contribution is -2.31. The van der Waals surface area contributed by atoms with E-state index >= 15 is 0 Å². The number of nitrogens with zero attached hydrogens (tertiary/aromatic N) is 2. The van der Waals surface area contributed by atoms with E-state index in [1.54, 1.807) is 26.2 Å². The molecule has 2 aromatic rings. The van der Waals surface area contributed by atoms with Crippen molar-refractivity contribution in [2.24, 2.45) is 0 Å². The minimum Gasteiger partial charge on any atom is -0.449 e. The van der Waals surface area contributed by atoms with Crippen LogP contribution < -0.4 is 5.32 Å². The van der Waals surface area contributed by atoms with E-state index in [9.17, 15) is 14.9 Å². The predicted molar refractivity (Wildman–Crippen MR) is 97.7 cm³/mol. The summed E-state index contributed by atoms with van der Waals surface area (Å²) in [5, 5.41) is 17.3. The van der Waals surface area contributed by atoms with Crippen LogP contribution in [-0.2, 0) is 9.53 Å². The molecule has 0 aliphatic carbocycles. The Kier molecular flexibility index (Phi) is 4.73. The molecule has 0 bridgehead atoms. The van der Waals surface area contributed by atoms with E-state index in [0.717, 1.165) is 10.1 Å². The first-order chi connectivity index (χ1) is 12.5. The Bertz CT molecular complexity index is 1010. The van der Waals surface area contributed by atoms with Gasteiger partial charge in [0.25, 0.3) is 5.70 Å². The monoisotopic (exact) mass is 369 g/mol. The summed E-state index contributed by atoms with van der Waals surface area (Å²) in [5.74, 6) is 0.695. The van der Waals surface area contributed by atoms with Gasteiger partial charge in [0.1, 0.15) is 5.92 Å². The lowest BCUT2D eigenvalue weighted by Gasteiger charge is -2.26. The van der Waals surface area contributed by atoms with E-state index in [1.165, 1.54) is 11.3 Å². The number of thiophene rings is 1. The Labute approximate surface area is 153 Å². The van der Waals surface area contributed by atoms with Crippen molar-refractivity contribution < 1.29 is 14.5 Å². The molecule has 1 unspecified atom stereocenters. The fourth-order valence-corrected chi connectivity index (χ4v) is 4.05. The Hall–Kier alpha value is -3.18. The Balaban J connectivity index is 2.22. The lowest BCUT2D eigenvalue weighted by atomic mass is 9.84. The third-order valence-corrected chi connectivity index (χ3v) is 5.13. The second kappa shape index (κ2) is 6.98. The zero-order valence-electron chi connectivity index (χ0n) is 14.1. The number of carbonyl (C=O) groups excluding carboxylic acids is 1. The Morgan fingerprint density at radius 1 is 1.50 bits per heavy atom. The van der Waals surface area contributed by atoms with Crippen LogP contribution in [0, 0.1) is 22.5 Å². The summed E-state index contributed by atoms with van der Waals surface area (Å²) in [6.45, 7) is 3.10. The van der Waals surface area contributed by atoms with Gasteiger partial charge in [-0.2, -0.15) is 0 Å². The van der Waals surface area contributed by atoms with Gasteiger partial charge in [-0.15, -0.1) is 17.8 Å². The fraction of sp³-hybridized carbons (Fsp3) is 0.222. The number of dihydropyridines is 1. The first-order valence-electron chi connectivity index (χ1n) is 7.70. The van der Waals surface area contributed by atoms with Crippen molar-refractivity contribution in [3.63, 3.8) is 0 Å². The summed E-state index contributed by atoms with van der Waals surface area (Å²) >= 11 is 1.44. The zero-order chi connectivity index (χ0) is 18.8. The zero-order valence-corrected chi connectivity index (χ0v) is 14.9. The van der Waals surface area contributed by atoms with Crippen molar-refractivity contribution in [2.45, 2.75) is 19.8 Å². The van der Waals surface area contributed by atoms with Crippen molar-refractivity contribution in [1.82, 2.24) is 10.3 Å². The van der Waals surface area contributed by atoms with Gasteiger partial charge in [0.05, 0.1) is 16.2 Å². The second-order valence-electron chi connectivity index (χ2n) is 5.71. The molecule has 1 aliphatic heterocycles. The van der Waals surface area contributed by atoms with Crippen LogP contribution in [0.2, 0.25) is 0 Å². The maximum atomic E-state index is 12.6. The highest BCUT2D eigenvalue weighted by Crippen LogP contribution is 2.43. The summed E-state index contributed by atoms with van der Waals surface area (Å²) < 4.78 is 6.01. The van der Waals surface area contributed by atoms with Crippen molar-refractivity contribution >= 4 is 27.4 Å². The number of terminal acetylenes is 1. The van der Waals surface area contributed by atoms with Crippen molar-refractivity contribution in [1.29, 1.82) is 0 Å². The maximum Gasteiger partial charge on any atom is 0.337 e. The number of pyridine rings is 1. The fourth-order valence-electron chi connectivity index (χ4n) is 3.10. The minimum absolute atomic E-state index is 0.0909. The van der Waals surface area contributed by atoms with Crippen LogP contribution in [0.1, 0.15) is 25.3 Å². The van der Waals surface area contributed by atoms with Gasteiger partial charge in [-0.05, 0) is 30.9 Å². The molecule has 1 aliphatic rings. The van der Waals surface area contributed by atoms with E-state index in [4.69, 9.17) is 11.2 Å². The largest absolute Gasteiger partial charge is 0.449 e. The van der Waals surface area contributed by atoms with Crippen LogP contribution in [-0.4, -0.2) is 22.5 Å². The van der Waals surface area contributed by atoms with Crippen LogP contribution in [0.5, 0.6) is 0 Å². The highest BCUT2D eigenvalue weighted by atomic mass is 32.1. The predicted octanol–water partition coefficient (Wildman–Crippen LogP) is 2.94. The van der Waals surface area contributed by atoms with Crippen LogP contribution in [0.15, 0.2) is 46.5 Å². The SMILES string of the molecule is C#CCOC(=O)C1=C(C)NC(C)=C([N+](=O)[O-])C1c1csc2ccncc12. The number of nitro groups is 1. The summed E-state index contributed by atoms with van der Waals surface area (Å²) in [5.41, 5.74) is 1.63. The molecule has 1 N–H and O–H groups in total. The van der Waals surface area contributed by atoms with Crippen LogP contribution in [0.25, 0.3) is 10.1 Å². The molecule has 0 spiro atoms. The molecule has 8 heteroatoms. The number of carbonyl (C=O) groups is 1. The number of ether oxygens (including phenoxy) is 1. The van der Waals surface area contributed by atoms with Crippen LogP contribution >= 0.6 is 11.3 Å². The van der Waals surface area contributed by atoms with Gasteiger partial charge in [0, 0.05) is 28.2 Å². The summed E-state index contributed by atoms with van der Waals surface area (Å²) in [7, 11) is 0. The van der Waals surface area contributed by atoms with Gasteiger partial charge in [0.15, 0.2) is 6.61 Å². The van der Waals surface area contributed by atoms with Gasteiger partial charge in [-0.25, -0.2) is 4.79 Å². The molecule has 7 nitrogen and oxygen atoms in total. The Morgan fingerprint density at radius 2 is 2.27 bits per heavy atom. The summed E-state index contributed by atoms with van der Waals surface area (Å²) in [6, 6.07) is 1.83. The van der Waals surface area contributed by atoms with E-state index in [1.807, 2.05) is 11.4 Å². The van der Waals surface area contributed by atoms with E-state index in [2.05, 4.69) is 16.2 Å². The lowest BCUT2D eigenvalue weighted by molar-refractivity contribution is -0.431. The first-order valence-corrected chi connectivity index (χ1v) is 8.58. The molecule has 0 aromatic carbocycles. The van der Waals surface area contributed by atoms with E-state index in [-0.39, 0.29) is 17.9 Å². The van der Waals surface area contributed by atoms with Gasteiger partial charge in [0.2, 0.25) is 0 Å². The first kappa shape index (κ1) is 17.6. The third-order valence-electron chi connectivity index (χ3n) is 4.14. The minimum atomic E-state index is -0.866. The molecule has 0 fully saturated rings. The molecule has 3 rings (SSSR count). The summed E-state index contributed by atoms with van der Waals surface area (Å²) in [4.78, 5) is 28.0. The number of rotatable bonds is 4. The molecule has 0 saturated carbocycles. The quantitative estimate of drug-likeness (QED) is 0.385. The molecule has 1 atom stereocenters. The average Bonchev–Trinajstić information content (AvgIpc) is 3.02. The normalized spacial score (nSPS) is 17.0. The molecule has 0 saturated heterocycles. The van der Waals surface area contributed by atoms with Crippen molar-refractivity contribution in [2.75, 3.05) is 6.61 Å². The molecular weight excluding hydrogens is 354 g/mol. The molecule has 26 heavy (non-hydrogen) atoms. The Morgan fingerprint density at radius 3 is 2.96 bits per heavy atom. The second-order valence-corrected chi connectivity index (χ2v) is 6.62. The van der Waals surface area contributed by atoms with Gasteiger partial charge >= 0.3 is 5.97 Å². The number of nitrogens with one attached hydrogen (secondary N) is 1. The standard InChI is InChI=1S/C18H15N3O4S/c1-4-7-25-18(22)15-10(2)20-11(3)17(21(23)24)16(15)13-9-26-14-5-6-19-8-12(13)14/h1,5-6,8-9,16,20H,7H2,2-3H3. The highest BCUT2D eigenvalue weighted by molar-refractivity contribution is 7.17. The smallest absolute Gasteiger partial charge is 0.337 e. The molecule has 3 heterocycles. The number of hydrogen-bond acceptors (Lipinski definition) is 7. The van der Waals surface area contributed by atoms with Crippen LogP contribution in [0.4, 0.5) is 0 Å². The van der Waals surface area contributed by atoms with E-state index in [0.29, 0.717) is 17.0 Å². The average molecular weight is 369 g/mol. The molecular formula is C18H15N3O4S. The number of esters is 1. The highest BCUT2D eigenvalue weighted by Gasteiger charge is 2.42. The van der Waals surface area contributed by atoms with Gasteiger partial charge in [-0.3, -0.25) is 15.1 Å². The number of allylic oxidation sites excluding steroid dienone is 3. The van der Waals surface area contributed by atoms with Gasteiger partial charge in [-0.1, -0.05) is 5.92 Å². The summed E-state index contributed by atoms with van der Waals surface area (Å²) in [6.07, 6.45) is 8.46. The number of fused-ring (bicyclic) bond motifs is 1. The number of aromatic nitrogens is 1. The molecule has 0 radical (unpaired) electrons. The number of hydrogen-bond donors (Lipinski definition) is 1. The molecule has 132 valence electrons. The van der Waals surface area contributed by atoms with Crippen LogP contribution in [0.3, 0.4) is 0 Å². The topological polar surface area (TPSA) is 94.4 Å².